The van der Waals surface area contributed by atoms with E-state index in [0.29, 0.717) is 27.9 Å². The van der Waals surface area contributed by atoms with E-state index in [1.807, 2.05) is 54.6 Å². The number of hydrogen-bond donors (Lipinski definition) is 2. The number of thioether (sulfide) groups is 1. The third kappa shape index (κ3) is 6.01. The molecule has 0 spiro atoms. The lowest BCUT2D eigenvalue weighted by molar-refractivity contribution is -0.122. The number of rotatable bonds is 9. The van der Waals surface area contributed by atoms with Crippen LogP contribution in [0.4, 0.5) is 0 Å². The number of aromatic nitrogens is 1. The molecule has 2 heterocycles. The molecule has 1 aliphatic rings. The molecule has 7 nitrogen and oxygen atoms in total. The molecule has 3 aromatic carbocycles. The number of carboxylic acids is 1. The second kappa shape index (κ2) is 11.8. The summed E-state index contributed by atoms with van der Waals surface area (Å²) in [5.41, 5.74) is 4.61. The summed E-state index contributed by atoms with van der Waals surface area (Å²) in [4.78, 5) is 30.8. The molecule has 0 saturated carbocycles. The van der Waals surface area contributed by atoms with Crippen LogP contribution in [-0.4, -0.2) is 56.1 Å². The Balaban J connectivity index is 1.38. The summed E-state index contributed by atoms with van der Waals surface area (Å²) in [5.74, 6) is -0.505. The first kappa shape index (κ1) is 26.6. The highest BCUT2D eigenvalue weighted by Crippen LogP contribution is 2.36. The van der Waals surface area contributed by atoms with E-state index in [-0.39, 0.29) is 24.7 Å². The molecule has 196 valence electrons. The van der Waals surface area contributed by atoms with E-state index in [4.69, 9.17) is 22.1 Å². The van der Waals surface area contributed by atoms with E-state index in [0.717, 1.165) is 33.2 Å². The van der Waals surface area contributed by atoms with Gasteiger partial charge in [-0.1, -0.05) is 54.3 Å². The molecule has 0 bridgehead atoms. The molecule has 4 aromatic rings. The summed E-state index contributed by atoms with van der Waals surface area (Å²) in [7, 11) is 0. The molecule has 0 radical (unpaired) electrons. The van der Waals surface area contributed by atoms with Gasteiger partial charge in [0.2, 0.25) is 0 Å². The number of ether oxygens (including phenoxy) is 1. The number of pyridine rings is 1. The van der Waals surface area contributed by atoms with Crippen molar-refractivity contribution in [3.8, 4) is 16.9 Å². The topological polar surface area (TPSA) is 100.0 Å². The van der Waals surface area contributed by atoms with Crippen molar-refractivity contribution in [1.82, 2.24) is 9.88 Å². The number of carbonyl (C=O) groups excluding carboxylic acids is 1. The Hall–Kier alpha value is -4.05. The summed E-state index contributed by atoms with van der Waals surface area (Å²) in [6.45, 7) is 0.465. The summed E-state index contributed by atoms with van der Waals surface area (Å²) >= 11 is 6.76. The highest BCUT2D eigenvalue weighted by atomic mass is 32.2. The zero-order valence-electron chi connectivity index (χ0n) is 20.7. The molecule has 1 fully saturated rings. The minimum atomic E-state index is -0.975. The molecule has 1 aliphatic heterocycles. The summed E-state index contributed by atoms with van der Waals surface area (Å²) < 4.78 is 6.29. The number of benzene rings is 3. The van der Waals surface area contributed by atoms with Gasteiger partial charge in [-0.2, -0.15) is 0 Å². The fraction of sp³-hybridized carbons (Fsp3) is 0.133. The number of carbonyl (C=O) groups is 2. The fourth-order valence-corrected chi connectivity index (χ4v) is 5.60. The lowest BCUT2D eigenvalue weighted by Crippen LogP contribution is -2.30. The van der Waals surface area contributed by atoms with Crippen molar-refractivity contribution in [1.29, 1.82) is 0 Å². The first-order valence-electron chi connectivity index (χ1n) is 12.2. The molecule has 1 saturated heterocycles. The van der Waals surface area contributed by atoms with Gasteiger partial charge in [0, 0.05) is 23.7 Å². The lowest BCUT2D eigenvalue weighted by atomic mass is 9.99. The van der Waals surface area contributed by atoms with E-state index >= 15 is 0 Å². The molecular weight excluding hydrogens is 532 g/mol. The summed E-state index contributed by atoms with van der Waals surface area (Å²) in [6.07, 6.45) is 4.13. The van der Waals surface area contributed by atoms with Crippen LogP contribution in [0.5, 0.6) is 5.75 Å². The van der Waals surface area contributed by atoms with Gasteiger partial charge in [0.05, 0.1) is 22.6 Å². The lowest BCUT2D eigenvalue weighted by Gasteiger charge is -2.14. The molecule has 9 heteroatoms. The molecule has 2 N–H and O–H groups in total. The van der Waals surface area contributed by atoms with Crippen LogP contribution in [0, 0.1) is 0 Å². The smallest absolute Gasteiger partial charge is 0.335 e. The van der Waals surface area contributed by atoms with Gasteiger partial charge in [0.15, 0.2) is 0 Å². The van der Waals surface area contributed by atoms with Crippen molar-refractivity contribution < 1.29 is 24.5 Å². The minimum Gasteiger partial charge on any atom is -0.491 e. The van der Waals surface area contributed by atoms with Crippen LogP contribution in [0.25, 0.3) is 28.1 Å². The average molecular weight is 557 g/mol. The fourth-order valence-electron chi connectivity index (χ4n) is 4.29. The number of aliphatic hydroxyl groups is 1. The summed E-state index contributed by atoms with van der Waals surface area (Å²) in [5, 5.41) is 19.3. The first-order chi connectivity index (χ1) is 18.9. The average Bonchev–Trinajstić information content (AvgIpc) is 3.22. The first-order valence-corrected chi connectivity index (χ1v) is 13.5. The zero-order chi connectivity index (χ0) is 27.4. The third-order valence-corrected chi connectivity index (χ3v) is 7.64. The number of hydrogen-bond acceptors (Lipinski definition) is 7. The predicted molar refractivity (Wildman–Crippen MR) is 157 cm³/mol. The van der Waals surface area contributed by atoms with Crippen LogP contribution in [0.2, 0.25) is 0 Å². The number of fused-ring (bicyclic) bond motifs is 1. The van der Waals surface area contributed by atoms with Gasteiger partial charge in [0.1, 0.15) is 16.7 Å². The van der Waals surface area contributed by atoms with E-state index < -0.39 is 5.97 Å². The van der Waals surface area contributed by atoms with Crippen molar-refractivity contribution in [3.05, 3.63) is 101 Å². The molecule has 5 rings (SSSR count). The van der Waals surface area contributed by atoms with Gasteiger partial charge in [-0.15, -0.1) is 0 Å². The van der Waals surface area contributed by atoms with Gasteiger partial charge < -0.3 is 14.9 Å². The Bertz CT molecular complexity index is 1600. The Labute approximate surface area is 234 Å². The SMILES string of the molecule is O=C(O)c1ccc(CCN2C(=O)/C(=C/c3ccc(OCCO)c(-c4ccc5ncccc5c4)c3)SC2=S)cc1. The van der Waals surface area contributed by atoms with Gasteiger partial charge in [0.25, 0.3) is 5.91 Å². The van der Waals surface area contributed by atoms with E-state index in [1.165, 1.54) is 11.8 Å². The normalized spacial score (nSPS) is 14.4. The van der Waals surface area contributed by atoms with Crippen molar-refractivity contribution in [2.45, 2.75) is 6.42 Å². The van der Waals surface area contributed by atoms with E-state index in [9.17, 15) is 14.7 Å². The Kier molecular flexibility index (Phi) is 8.02. The second-order valence-corrected chi connectivity index (χ2v) is 10.5. The molecule has 0 atom stereocenters. The van der Waals surface area contributed by atoms with Gasteiger partial charge in [-0.25, -0.2) is 4.79 Å². The predicted octanol–water partition coefficient (Wildman–Crippen LogP) is 5.42. The number of amides is 1. The summed E-state index contributed by atoms with van der Waals surface area (Å²) in [6, 6.07) is 22.1. The Morgan fingerprint density at radius 2 is 1.90 bits per heavy atom. The van der Waals surface area contributed by atoms with Crippen LogP contribution in [0.1, 0.15) is 21.5 Å². The highest BCUT2D eigenvalue weighted by molar-refractivity contribution is 8.26. The number of aliphatic hydroxyl groups excluding tert-OH is 1. The molecule has 1 amide bonds. The quantitative estimate of drug-likeness (QED) is 0.208. The van der Waals surface area contributed by atoms with Crippen LogP contribution in [0.15, 0.2) is 83.9 Å². The second-order valence-electron chi connectivity index (χ2n) is 8.82. The Morgan fingerprint density at radius 3 is 2.67 bits per heavy atom. The van der Waals surface area contributed by atoms with Crippen molar-refractivity contribution >= 4 is 57.2 Å². The Morgan fingerprint density at radius 1 is 1.08 bits per heavy atom. The largest absolute Gasteiger partial charge is 0.491 e. The monoisotopic (exact) mass is 556 g/mol. The molecular formula is C30H24N2O5S2. The zero-order valence-corrected chi connectivity index (χ0v) is 22.4. The maximum atomic E-state index is 13.2. The molecule has 0 aliphatic carbocycles. The standard InChI is InChI=1S/C30H24N2O5S2/c33-14-15-37-26-10-5-20(16-24(26)22-8-9-25-23(18-22)2-1-12-31-25)17-27-28(34)32(30(38)39-27)13-11-19-3-6-21(7-4-19)29(35)36/h1-10,12,16-18,33H,11,13-15H2,(H,35,36)/b27-17-. The highest BCUT2D eigenvalue weighted by Gasteiger charge is 2.31. The van der Waals surface area contributed by atoms with Gasteiger partial charge in [-0.3, -0.25) is 14.7 Å². The van der Waals surface area contributed by atoms with Crippen molar-refractivity contribution in [2.75, 3.05) is 19.8 Å². The number of aromatic carboxylic acids is 1. The third-order valence-electron chi connectivity index (χ3n) is 6.26. The van der Waals surface area contributed by atoms with E-state index in [1.54, 1.807) is 35.4 Å². The molecule has 0 unspecified atom stereocenters. The number of thiocarbonyl (C=S) groups is 1. The van der Waals surface area contributed by atoms with Crippen LogP contribution >= 0.6 is 24.0 Å². The number of carboxylic acid groups (broad SMARTS) is 1. The van der Waals surface area contributed by atoms with E-state index in [2.05, 4.69) is 4.98 Å². The van der Waals surface area contributed by atoms with Crippen LogP contribution in [0.3, 0.4) is 0 Å². The molecule has 39 heavy (non-hydrogen) atoms. The van der Waals surface area contributed by atoms with Gasteiger partial charge in [-0.05, 0) is 71.7 Å². The van der Waals surface area contributed by atoms with Crippen LogP contribution in [-0.2, 0) is 11.2 Å². The number of nitrogens with zero attached hydrogens (tertiary/aromatic N) is 2. The maximum absolute atomic E-state index is 13.2. The van der Waals surface area contributed by atoms with Crippen molar-refractivity contribution in [2.24, 2.45) is 0 Å². The minimum absolute atomic E-state index is 0.102. The maximum Gasteiger partial charge on any atom is 0.335 e. The van der Waals surface area contributed by atoms with Crippen LogP contribution < -0.4 is 4.74 Å². The molecule has 1 aromatic heterocycles. The van der Waals surface area contributed by atoms with Crippen molar-refractivity contribution in [3.63, 3.8) is 0 Å². The van der Waals surface area contributed by atoms with Gasteiger partial charge >= 0.3 is 5.97 Å².